The van der Waals surface area contributed by atoms with Crippen LogP contribution in [0.1, 0.15) is 59.7 Å². The molecule has 0 aliphatic heterocycles. The van der Waals surface area contributed by atoms with Gasteiger partial charge in [-0.1, -0.05) is 30.2 Å². The lowest BCUT2D eigenvalue weighted by atomic mass is 10.1. The fourth-order valence-electron chi connectivity index (χ4n) is 2.70. The topological polar surface area (TPSA) is 88.9 Å². The first-order valence-corrected chi connectivity index (χ1v) is 9.26. The summed E-state index contributed by atoms with van der Waals surface area (Å²) in [6, 6.07) is 5.34. The van der Waals surface area contributed by atoms with Crippen molar-refractivity contribution in [3.05, 3.63) is 40.2 Å². The van der Waals surface area contributed by atoms with Crippen LogP contribution >= 0.6 is 11.6 Å². The van der Waals surface area contributed by atoms with E-state index < -0.39 is 0 Å². The van der Waals surface area contributed by atoms with Crippen LogP contribution in [0.5, 0.6) is 0 Å². The Balaban J connectivity index is 1.92. The van der Waals surface area contributed by atoms with Gasteiger partial charge in [-0.3, -0.25) is 9.59 Å². The molecule has 0 spiro atoms. The standard InChI is InChI=1S/C18H22ClN5O2/c1-3-5-15-16(18(26)21-11-6-7-11)22-23-24(15)12-8-9-13(14(19)10-12)17(25)20-4-2/h8-11H,3-7H2,1-2H3,(H,20,25)(H,21,26). The van der Waals surface area contributed by atoms with E-state index >= 15 is 0 Å². The third kappa shape index (κ3) is 3.88. The Bertz CT molecular complexity index is 829. The molecule has 3 rings (SSSR count). The number of hydrogen-bond acceptors (Lipinski definition) is 4. The molecule has 0 bridgehead atoms. The lowest BCUT2D eigenvalue weighted by molar-refractivity contribution is 0.0940. The molecule has 1 aromatic heterocycles. The van der Waals surface area contributed by atoms with E-state index in [0.717, 1.165) is 25.0 Å². The van der Waals surface area contributed by atoms with E-state index in [-0.39, 0.29) is 17.9 Å². The SMILES string of the molecule is CCCc1c(C(=O)NC2CC2)nnn1-c1ccc(C(=O)NCC)c(Cl)c1. The van der Waals surface area contributed by atoms with Crippen LogP contribution in [0.2, 0.25) is 5.02 Å². The van der Waals surface area contributed by atoms with Crippen LogP contribution in [0.15, 0.2) is 18.2 Å². The van der Waals surface area contributed by atoms with Crippen LogP contribution in [0.25, 0.3) is 5.69 Å². The molecule has 138 valence electrons. The van der Waals surface area contributed by atoms with Crippen molar-refractivity contribution in [2.75, 3.05) is 6.54 Å². The Kier molecular flexibility index (Phi) is 5.56. The van der Waals surface area contributed by atoms with Crippen molar-refractivity contribution in [1.29, 1.82) is 0 Å². The zero-order chi connectivity index (χ0) is 18.7. The van der Waals surface area contributed by atoms with Gasteiger partial charge < -0.3 is 10.6 Å². The van der Waals surface area contributed by atoms with Gasteiger partial charge in [-0.15, -0.1) is 5.10 Å². The number of benzene rings is 1. The number of carbonyl (C=O) groups excluding carboxylic acids is 2. The minimum absolute atomic E-state index is 0.188. The van der Waals surface area contributed by atoms with Crippen molar-refractivity contribution in [3.8, 4) is 5.69 Å². The highest BCUT2D eigenvalue weighted by Crippen LogP contribution is 2.23. The van der Waals surface area contributed by atoms with Gasteiger partial charge in [0.2, 0.25) is 0 Å². The quantitative estimate of drug-likeness (QED) is 0.778. The molecule has 8 heteroatoms. The zero-order valence-corrected chi connectivity index (χ0v) is 15.6. The molecule has 1 saturated carbocycles. The Morgan fingerprint density at radius 3 is 2.65 bits per heavy atom. The molecule has 0 radical (unpaired) electrons. The van der Waals surface area contributed by atoms with E-state index in [9.17, 15) is 9.59 Å². The van der Waals surface area contributed by atoms with E-state index in [2.05, 4.69) is 20.9 Å². The number of aromatic nitrogens is 3. The Labute approximate surface area is 157 Å². The summed E-state index contributed by atoms with van der Waals surface area (Å²) < 4.78 is 1.62. The van der Waals surface area contributed by atoms with Gasteiger partial charge >= 0.3 is 0 Å². The summed E-state index contributed by atoms with van der Waals surface area (Å²) >= 11 is 6.28. The van der Waals surface area contributed by atoms with Crippen LogP contribution in [0.3, 0.4) is 0 Å². The first kappa shape index (κ1) is 18.4. The molecule has 2 aromatic rings. The van der Waals surface area contributed by atoms with Gasteiger partial charge in [0, 0.05) is 12.6 Å². The maximum atomic E-state index is 12.4. The molecule has 7 nitrogen and oxygen atoms in total. The van der Waals surface area contributed by atoms with E-state index in [0.29, 0.717) is 34.9 Å². The van der Waals surface area contributed by atoms with Gasteiger partial charge in [0.25, 0.3) is 11.8 Å². The molecule has 1 fully saturated rings. The van der Waals surface area contributed by atoms with Crippen LogP contribution in [-0.4, -0.2) is 39.4 Å². The molecule has 0 atom stereocenters. The first-order chi connectivity index (χ1) is 12.5. The lowest BCUT2D eigenvalue weighted by Crippen LogP contribution is -2.27. The van der Waals surface area contributed by atoms with Crippen molar-refractivity contribution in [1.82, 2.24) is 25.6 Å². The summed E-state index contributed by atoms with van der Waals surface area (Å²) in [5.41, 5.74) is 2.17. The van der Waals surface area contributed by atoms with Crippen LogP contribution in [0.4, 0.5) is 0 Å². The third-order valence-electron chi connectivity index (χ3n) is 4.16. The highest BCUT2D eigenvalue weighted by molar-refractivity contribution is 6.34. The average molecular weight is 376 g/mol. The molecule has 1 aliphatic carbocycles. The molecule has 26 heavy (non-hydrogen) atoms. The summed E-state index contributed by atoms with van der Waals surface area (Å²) in [6.45, 7) is 4.41. The molecule has 0 unspecified atom stereocenters. The van der Waals surface area contributed by atoms with Crippen molar-refractivity contribution in [2.45, 2.75) is 45.6 Å². The summed E-state index contributed by atoms with van der Waals surface area (Å²) in [6.07, 6.45) is 3.54. The summed E-state index contributed by atoms with van der Waals surface area (Å²) in [4.78, 5) is 24.4. The Morgan fingerprint density at radius 1 is 1.27 bits per heavy atom. The number of amides is 2. The molecule has 1 heterocycles. The van der Waals surface area contributed by atoms with Crippen LogP contribution in [-0.2, 0) is 6.42 Å². The Hall–Kier alpha value is -2.41. The van der Waals surface area contributed by atoms with Gasteiger partial charge in [-0.25, -0.2) is 4.68 Å². The molecule has 2 N–H and O–H groups in total. The number of carbonyl (C=O) groups is 2. The second-order valence-corrected chi connectivity index (χ2v) is 6.73. The third-order valence-corrected chi connectivity index (χ3v) is 4.47. The summed E-state index contributed by atoms with van der Waals surface area (Å²) in [7, 11) is 0. The van der Waals surface area contributed by atoms with E-state index in [1.54, 1.807) is 22.9 Å². The van der Waals surface area contributed by atoms with Crippen molar-refractivity contribution < 1.29 is 9.59 Å². The zero-order valence-electron chi connectivity index (χ0n) is 14.9. The second-order valence-electron chi connectivity index (χ2n) is 6.32. The van der Waals surface area contributed by atoms with E-state index in [1.807, 2.05) is 13.8 Å². The van der Waals surface area contributed by atoms with Crippen molar-refractivity contribution in [3.63, 3.8) is 0 Å². The molecule has 1 aliphatic rings. The van der Waals surface area contributed by atoms with Crippen molar-refractivity contribution in [2.24, 2.45) is 0 Å². The summed E-state index contributed by atoms with van der Waals surface area (Å²) in [5, 5.41) is 14.2. The van der Waals surface area contributed by atoms with Crippen LogP contribution < -0.4 is 10.6 Å². The average Bonchev–Trinajstić information content (AvgIpc) is 3.32. The molecule has 2 amide bonds. The Morgan fingerprint density at radius 2 is 2.04 bits per heavy atom. The number of nitrogens with zero attached hydrogens (tertiary/aromatic N) is 3. The highest BCUT2D eigenvalue weighted by Gasteiger charge is 2.27. The predicted molar refractivity (Wildman–Crippen MR) is 98.9 cm³/mol. The second kappa shape index (κ2) is 7.86. The van der Waals surface area contributed by atoms with Gasteiger partial charge in [-0.2, -0.15) is 0 Å². The predicted octanol–water partition coefficient (Wildman–Crippen LogP) is 2.52. The largest absolute Gasteiger partial charge is 0.352 e. The normalized spacial score (nSPS) is 13.5. The number of halogens is 1. The first-order valence-electron chi connectivity index (χ1n) is 8.88. The van der Waals surface area contributed by atoms with Gasteiger partial charge in [0.1, 0.15) is 0 Å². The minimum atomic E-state index is -0.221. The smallest absolute Gasteiger partial charge is 0.273 e. The fraction of sp³-hybridized carbons (Fsp3) is 0.444. The highest BCUT2D eigenvalue weighted by atomic mass is 35.5. The number of rotatable bonds is 7. The van der Waals surface area contributed by atoms with Gasteiger partial charge in [-0.05, 0) is 44.4 Å². The lowest BCUT2D eigenvalue weighted by Gasteiger charge is -2.10. The maximum Gasteiger partial charge on any atom is 0.273 e. The van der Waals surface area contributed by atoms with Gasteiger partial charge in [0.15, 0.2) is 5.69 Å². The summed E-state index contributed by atoms with van der Waals surface area (Å²) in [5.74, 6) is -0.409. The maximum absolute atomic E-state index is 12.4. The number of hydrogen-bond donors (Lipinski definition) is 2. The van der Waals surface area contributed by atoms with Gasteiger partial charge in [0.05, 0.1) is 22.0 Å². The van der Waals surface area contributed by atoms with Crippen LogP contribution in [0, 0.1) is 0 Å². The fourth-order valence-corrected chi connectivity index (χ4v) is 2.96. The number of nitrogens with one attached hydrogen (secondary N) is 2. The van der Waals surface area contributed by atoms with E-state index in [1.165, 1.54) is 0 Å². The minimum Gasteiger partial charge on any atom is -0.352 e. The molecular formula is C18H22ClN5O2. The monoisotopic (exact) mass is 375 g/mol. The molecular weight excluding hydrogens is 354 g/mol. The van der Waals surface area contributed by atoms with Crippen molar-refractivity contribution >= 4 is 23.4 Å². The molecule has 1 aromatic carbocycles. The molecule has 0 saturated heterocycles. The van der Waals surface area contributed by atoms with E-state index in [4.69, 9.17) is 11.6 Å².